The molecular formula is C11H17NO6. The van der Waals surface area contributed by atoms with E-state index in [2.05, 4.69) is 5.32 Å². The number of aliphatic carboxylic acids is 2. The second-order valence-corrected chi connectivity index (χ2v) is 4.32. The standard InChI is InChI=1S/C11H17NO6/c1-6(2)5-7(10(15)16)12-9(14)4-3-8(13)11(17)18/h6-7H,3-5H2,1-2H3,(H,12,14)(H,15,16)(H,17,18)/t7-/m0/s1. The van der Waals surface area contributed by atoms with Gasteiger partial charge in [-0.05, 0) is 12.3 Å². The number of hydrogen-bond donors (Lipinski definition) is 3. The summed E-state index contributed by atoms with van der Waals surface area (Å²) in [5.74, 6) is -4.37. The van der Waals surface area contributed by atoms with Crippen molar-refractivity contribution >= 4 is 23.6 Å². The van der Waals surface area contributed by atoms with Gasteiger partial charge in [-0.3, -0.25) is 9.59 Å². The largest absolute Gasteiger partial charge is 0.480 e. The molecule has 0 unspecified atom stereocenters. The quantitative estimate of drug-likeness (QED) is 0.529. The maximum absolute atomic E-state index is 11.3. The lowest BCUT2D eigenvalue weighted by molar-refractivity contribution is -0.149. The van der Waals surface area contributed by atoms with Crippen LogP contribution in [0.15, 0.2) is 0 Å². The predicted molar refractivity (Wildman–Crippen MR) is 60.9 cm³/mol. The Bertz CT molecular complexity index is 349. The first-order valence-corrected chi connectivity index (χ1v) is 5.52. The number of nitrogens with one attached hydrogen (secondary N) is 1. The predicted octanol–water partition coefficient (Wildman–Crippen LogP) is 0.0358. The molecule has 0 saturated carbocycles. The zero-order valence-electron chi connectivity index (χ0n) is 10.3. The van der Waals surface area contributed by atoms with E-state index in [1.807, 2.05) is 13.8 Å². The average Bonchev–Trinajstić information content (AvgIpc) is 2.23. The Morgan fingerprint density at radius 3 is 2.00 bits per heavy atom. The molecule has 0 aliphatic heterocycles. The van der Waals surface area contributed by atoms with Gasteiger partial charge in [0.1, 0.15) is 6.04 Å². The molecule has 7 nitrogen and oxygen atoms in total. The summed E-state index contributed by atoms with van der Waals surface area (Å²) in [5, 5.41) is 19.4. The van der Waals surface area contributed by atoms with E-state index in [1.165, 1.54) is 0 Å². The smallest absolute Gasteiger partial charge is 0.372 e. The molecule has 1 atom stereocenters. The Kier molecular flexibility index (Phi) is 6.62. The van der Waals surface area contributed by atoms with Gasteiger partial charge >= 0.3 is 11.9 Å². The molecule has 0 heterocycles. The summed E-state index contributed by atoms with van der Waals surface area (Å²) in [5.41, 5.74) is 0. The van der Waals surface area contributed by atoms with Gasteiger partial charge in [-0.25, -0.2) is 9.59 Å². The second-order valence-electron chi connectivity index (χ2n) is 4.32. The zero-order valence-corrected chi connectivity index (χ0v) is 10.3. The number of Topliss-reactive ketones (excluding diaryl/α,β-unsaturated/α-hetero) is 1. The third kappa shape index (κ3) is 6.62. The van der Waals surface area contributed by atoms with Crippen LogP contribution in [0.2, 0.25) is 0 Å². The van der Waals surface area contributed by atoms with Crippen LogP contribution in [0.5, 0.6) is 0 Å². The van der Waals surface area contributed by atoms with E-state index in [4.69, 9.17) is 10.2 Å². The van der Waals surface area contributed by atoms with E-state index >= 15 is 0 Å². The monoisotopic (exact) mass is 259 g/mol. The number of carboxylic acids is 2. The number of carboxylic acid groups (broad SMARTS) is 2. The molecular weight excluding hydrogens is 242 g/mol. The molecule has 0 aromatic rings. The van der Waals surface area contributed by atoms with Crippen LogP contribution in [-0.4, -0.2) is 39.9 Å². The van der Waals surface area contributed by atoms with Crippen molar-refractivity contribution in [1.29, 1.82) is 0 Å². The summed E-state index contributed by atoms with van der Waals surface area (Å²) in [7, 11) is 0. The summed E-state index contributed by atoms with van der Waals surface area (Å²) < 4.78 is 0. The highest BCUT2D eigenvalue weighted by atomic mass is 16.4. The van der Waals surface area contributed by atoms with Crippen LogP contribution in [-0.2, 0) is 19.2 Å². The summed E-state index contributed by atoms with van der Waals surface area (Å²) in [6.45, 7) is 3.63. The molecule has 0 spiro atoms. The highest BCUT2D eigenvalue weighted by Gasteiger charge is 2.22. The van der Waals surface area contributed by atoms with Gasteiger partial charge in [0, 0.05) is 12.8 Å². The molecule has 0 aromatic heterocycles. The highest BCUT2D eigenvalue weighted by Crippen LogP contribution is 2.05. The molecule has 0 aromatic carbocycles. The van der Waals surface area contributed by atoms with E-state index in [1.54, 1.807) is 0 Å². The lowest BCUT2D eigenvalue weighted by atomic mass is 10.0. The van der Waals surface area contributed by atoms with Crippen molar-refractivity contribution in [2.75, 3.05) is 0 Å². The van der Waals surface area contributed by atoms with Gasteiger partial charge in [-0.1, -0.05) is 13.8 Å². The SMILES string of the molecule is CC(C)C[C@H](NC(=O)CCC(=O)C(=O)O)C(=O)O. The molecule has 0 radical (unpaired) electrons. The lowest BCUT2D eigenvalue weighted by Crippen LogP contribution is -2.41. The highest BCUT2D eigenvalue weighted by molar-refractivity contribution is 6.32. The first-order valence-electron chi connectivity index (χ1n) is 5.52. The Labute approximate surface area is 104 Å². The molecule has 0 aliphatic carbocycles. The van der Waals surface area contributed by atoms with Crippen LogP contribution in [0.3, 0.4) is 0 Å². The van der Waals surface area contributed by atoms with Crippen molar-refractivity contribution < 1.29 is 29.4 Å². The summed E-state index contributed by atoms with van der Waals surface area (Å²) in [4.78, 5) is 43.1. The number of hydrogen-bond acceptors (Lipinski definition) is 4. The van der Waals surface area contributed by atoms with Crippen LogP contribution >= 0.6 is 0 Å². The Hall–Kier alpha value is -1.92. The third-order valence-corrected chi connectivity index (χ3v) is 2.16. The maximum Gasteiger partial charge on any atom is 0.372 e. The summed E-state index contributed by atoms with van der Waals surface area (Å²) in [6, 6.07) is -1.02. The maximum atomic E-state index is 11.3. The minimum Gasteiger partial charge on any atom is -0.480 e. The first-order chi connectivity index (χ1) is 8.23. The van der Waals surface area contributed by atoms with Crippen LogP contribution in [0.1, 0.15) is 33.1 Å². The van der Waals surface area contributed by atoms with E-state index < -0.39 is 36.1 Å². The Balaban J connectivity index is 4.22. The van der Waals surface area contributed by atoms with Gasteiger partial charge in [0.05, 0.1) is 0 Å². The fourth-order valence-electron chi connectivity index (χ4n) is 1.29. The zero-order chi connectivity index (χ0) is 14.3. The molecule has 0 rings (SSSR count). The van der Waals surface area contributed by atoms with Gasteiger partial charge in [0.15, 0.2) is 0 Å². The minimum absolute atomic E-state index is 0.0899. The number of rotatable bonds is 8. The van der Waals surface area contributed by atoms with Crippen molar-refractivity contribution in [3.63, 3.8) is 0 Å². The molecule has 102 valence electrons. The third-order valence-electron chi connectivity index (χ3n) is 2.16. The molecule has 0 saturated heterocycles. The van der Waals surface area contributed by atoms with Gasteiger partial charge in [-0.15, -0.1) is 0 Å². The molecule has 3 N–H and O–H groups in total. The van der Waals surface area contributed by atoms with Gasteiger partial charge in [0.2, 0.25) is 11.7 Å². The number of carbonyl (C=O) groups excluding carboxylic acids is 2. The average molecular weight is 259 g/mol. The van der Waals surface area contributed by atoms with Crippen LogP contribution in [0.4, 0.5) is 0 Å². The Morgan fingerprint density at radius 1 is 1.06 bits per heavy atom. The van der Waals surface area contributed by atoms with Crippen molar-refractivity contribution in [3.8, 4) is 0 Å². The number of ketones is 1. The molecule has 0 bridgehead atoms. The van der Waals surface area contributed by atoms with E-state index in [0.717, 1.165) is 0 Å². The van der Waals surface area contributed by atoms with Crippen LogP contribution < -0.4 is 5.32 Å². The van der Waals surface area contributed by atoms with Crippen LogP contribution in [0.25, 0.3) is 0 Å². The van der Waals surface area contributed by atoms with E-state index in [9.17, 15) is 19.2 Å². The van der Waals surface area contributed by atoms with Crippen molar-refractivity contribution in [3.05, 3.63) is 0 Å². The summed E-state index contributed by atoms with van der Waals surface area (Å²) >= 11 is 0. The fraction of sp³-hybridized carbons (Fsp3) is 0.636. The molecule has 0 fully saturated rings. The van der Waals surface area contributed by atoms with E-state index in [-0.39, 0.29) is 18.8 Å². The second kappa shape index (κ2) is 7.41. The van der Waals surface area contributed by atoms with Crippen LogP contribution in [0, 0.1) is 5.92 Å². The van der Waals surface area contributed by atoms with Gasteiger partial charge < -0.3 is 15.5 Å². The van der Waals surface area contributed by atoms with E-state index in [0.29, 0.717) is 0 Å². The minimum atomic E-state index is -1.60. The normalized spacial score (nSPS) is 11.9. The van der Waals surface area contributed by atoms with Crippen molar-refractivity contribution in [1.82, 2.24) is 5.32 Å². The topological polar surface area (TPSA) is 121 Å². The first kappa shape index (κ1) is 16.1. The molecule has 1 amide bonds. The van der Waals surface area contributed by atoms with Gasteiger partial charge in [-0.2, -0.15) is 0 Å². The van der Waals surface area contributed by atoms with Crippen molar-refractivity contribution in [2.24, 2.45) is 5.92 Å². The summed E-state index contributed by atoms with van der Waals surface area (Å²) in [6.07, 6.45) is -0.490. The van der Waals surface area contributed by atoms with Gasteiger partial charge in [0.25, 0.3) is 0 Å². The molecule has 18 heavy (non-hydrogen) atoms. The Morgan fingerprint density at radius 2 is 1.61 bits per heavy atom. The molecule has 0 aliphatic rings. The molecule has 7 heteroatoms. The van der Waals surface area contributed by atoms with Crippen molar-refractivity contribution in [2.45, 2.75) is 39.2 Å². The lowest BCUT2D eigenvalue weighted by Gasteiger charge is -2.16. The fourth-order valence-corrected chi connectivity index (χ4v) is 1.29. The number of amides is 1. The number of carbonyl (C=O) groups is 4.